The third-order valence-electron chi connectivity index (χ3n) is 2.72. The first-order valence-corrected chi connectivity index (χ1v) is 5.43. The zero-order valence-electron chi connectivity index (χ0n) is 9.29. The molecule has 5 heteroatoms. The molecule has 3 rings (SSSR count). The van der Waals surface area contributed by atoms with Crippen LogP contribution in [0, 0.1) is 0 Å². The maximum Gasteiger partial charge on any atom is 0.295 e. The van der Waals surface area contributed by atoms with Gasteiger partial charge in [-0.15, -0.1) is 0 Å². The summed E-state index contributed by atoms with van der Waals surface area (Å²) >= 11 is 0. The third kappa shape index (κ3) is 1.64. The summed E-state index contributed by atoms with van der Waals surface area (Å²) in [5.41, 5.74) is 1.91. The molecule has 18 heavy (non-hydrogen) atoms. The summed E-state index contributed by atoms with van der Waals surface area (Å²) in [5.74, 6) is -0.258. The lowest BCUT2D eigenvalue weighted by Crippen LogP contribution is -1.94. The van der Waals surface area contributed by atoms with E-state index in [0.717, 1.165) is 5.56 Å². The summed E-state index contributed by atoms with van der Waals surface area (Å²) in [6.45, 7) is 0. The first-order valence-electron chi connectivity index (χ1n) is 5.43. The van der Waals surface area contributed by atoms with E-state index in [1.165, 1.54) is 16.8 Å². The molecule has 0 aliphatic rings. The van der Waals surface area contributed by atoms with E-state index in [2.05, 4.69) is 9.97 Å². The molecule has 0 spiro atoms. The highest BCUT2D eigenvalue weighted by Crippen LogP contribution is 2.28. The largest absolute Gasteiger partial charge is 0.295 e. The van der Waals surface area contributed by atoms with Gasteiger partial charge in [0.15, 0.2) is 5.82 Å². The number of hydrogen-bond acceptors (Lipinski definition) is 2. The van der Waals surface area contributed by atoms with Gasteiger partial charge in [-0.3, -0.25) is 9.38 Å². The first-order chi connectivity index (χ1) is 8.77. The monoisotopic (exact) mass is 245 g/mol. The Labute approximate surface area is 102 Å². The summed E-state index contributed by atoms with van der Waals surface area (Å²) in [6, 6.07) is 9.24. The highest BCUT2D eigenvalue weighted by atomic mass is 19.3. The Morgan fingerprint density at radius 3 is 2.61 bits per heavy atom. The lowest BCUT2D eigenvalue weighted by Gasteiger charge is -1.98. The van der Waals surface area contributed by atoms with Crippen LogP contribution in [0.5, 0.6) is 0 Å². The second-order valence-electron chi connectivity index (χ2n) is 3.82. The minimum atomic E-state index is -2.61. The lowest BCUT2D eigenvalue weighted by atomic mass is 10.1. The van der Waals surface area contributed by atoms with Crippen LogP contribution >= 0.6 is 0 Å². The van der Waals surface area contributed by atoms with Gasteiger partial charge >= 0.3 is 0 Å². The SMILES string of the molecule is FC(F)c1nc(-c2ccccc2)c2cnccn12. The topological polar surface area (TPSA) is 30.2 Å². The summed E-state index contributed by atoms with van der Waals surface area (Å²) in [6.07, 6.45) is 1.89. The van der Waals surface area contributed by atoms with E-state index in [0.29, 0.717) is 11.2 Å². The average molecular weight is 245 g/mol. The molecular weight excluding hydrogens is 236 g/mol. The van der Waals surface area contributed by atoms with Gasteiger partial charge in [-0.2, -0.15) is 0 Å². The summed E-state index contributed by atoms with van der Waals surface area (Å²) < 4.78 is 27.2. The molecule has 1 aromatic carbocycles. The van der Waals surface area contributed by atoms with Crippen molar-refractivity contribution in [2.45, 2.75) is 6.43 Å². The van der Waals surface area contributed by atoms with E-state index >= 15 is 0 Å². The molecule has 2 aromatic heterocycles. The lowest BCUT2D eigenvalue weighted by molar-refractivity contribution is 0.140. The van der Waals surface area contributed by atoms with Crippen molar-refractivity contribution in [1.82, 2.24) is 14.4 Å². The van der Waals surface area contributed by atoms with Gasteiger partial charge in [0, 0.05) is 18.0 Å². The maximum atomic E-state index is 12.9. The summed E-state index contributed by atoms with van der Waals surface area (Å²) in [5, 5.41) is 0. The number of benzene rings is 1. The molecule has 0 unspecified atom stereocenters. The van der Waals surface area contributed by atoms with Crippen molar-refractivity contribution in [1.29, 1.82) is 0 Å². The molecule has 0 atom stereocenters. The number of imidazole rings is 1. The molecule has 0 saturated heterocycles. The van der Waals surface area contributed by atoms with Crippen LogP contribution in [0.15, 0.2) is 48.9 Å². The van der Waals surface area contributed by atoms with Crippen molar-refractivity contribution in [3.05, 3.63) is 54.7 Å². The standard InChI is InChI=1S/C13H9F2N3/c14-12(15)13-17-11(9-4-2-1-3-5-9)10-8-16-6-7-18(10)13/h1-8,12H. The number of hydrogen-bond donors (Lipinski definition) is 0. The molecule has 0 amide bonds. The van der Waals surface area contributed by atoms with Crippen LogP contribution in [0.2, 0.25) is 0 Å². The Hall–Kier alpha value is -2.30. The van der Waals surface area contributed by atoms with Gasteiger partial charge in [-0.05, 0) is 0 Å². The number of fused-ring (bicyclic) bond motifs is 1. The molecule has 3 nitrogen and oxygen atoms in total. The van der Waals surface area contributed by atoms with Crippen molar-refractivity contribution in [3.8, 4) is 11.3 Å². The number of rotatable bonds is 2. The van der Waals surface area contributed by atoms with Crippen LogP contribution in [0.4, 0.5) is 8.78 Å². The number of aromatic nitrogens is 3. The van der Waals surface area contributed by atoms with Crippen molar-refractivity contribution < 1.29 is 8.78 Å². The third-order valence-corrected chi connectivity index (χ3v) is 2.72. The van der Waals surface area contributed by atoms with Crippen molar-refractivity contribution >= 4 is 5.52 Å². The normalized spacial score (nSPS) is 11.3. The molecule has 0 radical (unpaired) electrons. The quantitative estimate of drug-likeness (QED) is 0.693. The predicted octanol–water partition coefficient (Wildman–Crippen LogP) is 3.33. The fraction of sp³-hybridized carbons (Fsp3) is 0.0769. The molecule has 90 valence electrons. The van der Waals surface area contributed by atoms with E-state index in [-0.39, 0.29) is 5.82 Å². The van der Waals surface area contributed by atoms with Gasteiger partial charge in [0.25, 0.3) is 6.43 Å². The van der Waals surface area contributed by atoms with E-state index in [1.54, 1.807) is 6.20 Å². The van der Waals surface area contributed by atoms with Gasteiger partial charge in [0.2, 0.25) is 0 Å². The summed E-state index contributed by atoms with van der Waals surface area (Å²) in [4.78, 5) is 8.00. The van der Waals surface area contributed by atoms with Crippen LogP contribution in [-0.2, 0) is 0 Å². The zero-order chi connectivity index (χ0) is 12.5. The Bertz CT molecular complexity index is 677. The van der Waals surface area contributed by atoms with E-state index < -0.39 is 6.43 Å². The Kier molecular flexibility index (Phi) is 2.51. The number of alkyl halides is 2. The van der Waals surface area contributed by atoms with E-state index in [1.807, 2.05) is 30.3 Å². The van der Waals surface area contributed by atoms with Crippen molar-refractivity contribution in [2.75, 3.05) is 0 Å². The number of nitrogens with zero attached hydrogens (tertiary/aromatic N) is 3. The predicted molar refractivity (Wildman–Crippen MR) is 63.4 cm³/mol. The Morgan fingerprint density at radius 2 is 1.89 bits per heavy atom. The highest BCUT2D eigenvalue weighted by Gasteiger charge is 2.19. The van der Waals surface area contributed by atoms with Gasteiger partial charge in [0.05, 0.1) is 17.4 Å². The van der Waals surface area contributed by atoms with Crippen LogP contribution < -0.4 is 0 Å². The molecule has 0 fully saturated rings. The summed E-state index contributed by atoms with van der Waals surface area (Å²) in [7, 11) is 0. The molecule has 0 aliphatic carbocycles. The van der Waals surface area contributed by atoms with Crippen molar-refractivity contribution in [3.63, 3.8) is 0 Å². The van der Waals surface area contributed by atoms with Gasteiger partial charge in [-0.1, -0.05) is 30.3 Å². The smallest absolute Gasteiger partial charge is 0.295 e. The fourth-order valence-electron chi connectivity index (χ4n) is 1.92. The average Bonchev–Trinajstić information content (AvgIpc) is 2.79. The minimum absolute atomic E-state index is 0.258. The first kappa shape index (κ1) is 10.8. The maximum absolute atomic E-state index is 12.9. The number of halogens is 2. The molecule has 0 N–H and O–H groups in total. The van der Waals surface area contributed by atoms with Crippen LogP contribution in [0.3, 0.4) is 0 Å². The Balaban J connectivity index is 2.31. The second kappa shape index (κ2) is 4.18. The second-order valence-corrected chi connectivity index (χ2v) is 3.82. The molecular formula is C13H9F2N3. The minimum Gasteiger partial charge on any atom is -0.295 e. The molecule has 3 aromatic rings. The highest BCUT2D eigenvalue weighted by molar-refractivity contribution is 5.77. The molecule has 0 bridgehead atoms. The fourth-order valence-corrected chi connectivity index (χ4v) is 1.92. The van der Waals surface area contributed by atoms with Gasteiger partial charge in [0.1, 0.15) is 0 Å². The molecule has 0 saturated carbocycles. The van der Waals surface area contributed by atoms with Gasteiger partial charge in [-0.25, -0.2) is 13.8 Å². The van der Waals surface area contributed by atoms with Crippen LogP contribution in [0.1, 0.15) is 12.2 Å². The molecule has 0 aliphatic heterocycles. The zero-order valence-corrected chi connectivity index (χ0v) is 9.29. The van der Waals surface area contributed by atoms with Gasteiger partial charge < -0.3 is 0 Å². The van der Waals surface area contributed by atoms with E-state index in [9.17, 15) is 8.78 Å². The van der Waals surface area contributed by atoms with Crippen molar-refractivity contribution in [2.24, 2.45) is 0 Å². The van der Waals surface area contributed by atoms with E-state index in [4.69, 9.17) is 0 Å². The van der Waals surface area contributed by atoms with Crippen LogP contribution in [0.25, 0.3) is 16.8 Å². The van der Waals surface area contributed by atoms with Crippen LogP contribution in [-0.4, -0.2) is 14.4 Å². The Morgan fingerprint density at radius 1 is 1.11 bits per heavy atom. The molecule has 2 heterocycles.